The molecule has 0 unspecified atom stereocenters. The third kappa shape index (κ3) is 0.752. The zero-order valence-corrected chi connectivity index (χ0v) is 5.98. The van der Waals surface area contributed by atoms with E-state index in [0.717, 1.165) is 10.7 Å². The van der Waals surface area contributed by atoms with Gasteiger partial charge in [-0.05, 0) is 17.1 Å². The van der Waals surface area contributed by atoms with Gasteiger partial charge in [0.1, 0.15) is 0 Å². The van der Waals surface area contributed by atoms with E-state index in [9.17, 15) is 0 Å². The van der Waals surface area contributed by atoms with Crippen LogP contribution < -0.4 is 15.7 Å². The summed E-state index contributed by atoms with van der Waals surface area (Å²) in [5, 5.41) is 2.50. The molecule has 0 fully saturated rings. The van der Waals surface area contributed by atoms with Gasteiger partial charge in [0, 0.05) is 12.2 Å². The molecule has 1 aliphatic rings. The lowest BCUT2D eigenvalue weighted by atomic mass is 10.3. The molecular formula is C7H5N2S+. The van der Waals surface area contributed by atoms with Crippen molar-refractivity contribution >= 4 is 17.3 Å². The van der Waals surface area contributed by atoms with Crippen molar-refractivity contribution in [3.05, 3.63) is 35.0 Å². The number of nitrogens with zero attached hydrogens (tertiary/aromatic N) is 1. The molecule has 2 nitrogen and oxygen atoms in total. The minimum Gasteiger partial charge on any atom is -0.223 e. The highest BCUT2D eigenvalue weighted by Gasteiger charge is 2.08. The van der Waals surface area contributed by atoms with Crippen LogP contribution in [0.3, 0.4) is 0 Å². The smallest absolute Gasteiger partial charge is 0.223 e. The molecule has 3 heteroatoms. The standard InChI is InChI=1S/C7H4N2S/c10-7-8-5-3-1-2-4-6(5)9-7/h1-4H/p+1. The fraction of sp³-hybridized carbons (Fsp3) is 0. The van der Waals surface area contributed by atoms with Gasteiger partial charge < -0.3 is 0 Å². The summed E-state index contributed by atoms with van der Waals surface area (Å²) in [6.07, 6.45) is 0. The van der Waals surface area contributed by atoms with E-state index in [-0.39, 0.29) is 0 Å². The Morgan fingerprint density at radius 3 is 2.90 bits per heavy atom. The van der Waals surface area contributed by atoms with Crippen LogP contribution in [0.25, 0.3) is 0 Å². The van der Waals surface area contributed by atoms with Gasteiger partial charge in [-0.1, -0.05) is 12.1 Å². The topological polar surface area (TPSA) is 26.3 Å². The highest BCUT2D eigenvalue weighted by atomic mass is 32.1. The van der Waals surface area contributed by atoms with E-state index in [4.69, 9.17) is 12.2 Å². The van der Waals surface area contributed by atoms with E-state index < -0.39 is 0 Å². The van der Waals surface area contributed by atoms with Crippen molar-refractivity contribution in [3.63, 3.8) is 0 Å². The first-order valence-corrected chi connectivity index (χ1v) is 3.39. The van der Waals surface area contributed by atoms with Crippen LogP contribution in [-0.4, -0.2) is 5.11 Å². The van der Waals surface area contributed by atoms with Gasteiger partial charge >= 0.3 is 5.11 Å². The van der Waals surface area contributed by atoms with Crippen molar-refractivity contribution in [2.75, 3.05) is 0 Å². The summed E-state index contributed by atoms with van der Waals surface area (Å²) in [7, 11) is 0. The summed E-state index contributed by atoms with van der Waals surface area (Å²) in [6, 6.07) is 7.78. The lowest BCUT2D eigenvalue weighted by Gasteiger charge is -1.70. The van der Waals surface area contributed by atoms with Crippen molar-refractivity contribution < 1.29 is 4.99 Å². The maximum absolute atomic E-state index is 4.85. The fourth-order valence-electron chi connectivity index (χ4n) is 0.929. The molecule has 0 radical (unpaired) electrons. The van der Waals surface area contributed by atoms with Crippen LogP contribution >= 0.6 is 12.2 Å². The number of fused-ring (bicyclic) bond motifs is 1. The van der Waals surface area contributed by atoms with E-state index in [0.29, 0.717) is 5.11 Å². The van der Waals surface area contributed by atoms with Gasteiger partial charge in [0.2, 0.25) is 5.36 Å². The highest BCUT2D eigenvalue weighted by molar-refractivity contribution is 7.79. The van der Waals surface area contributed by atoms with E-state index in [2.05, 4.69) is 9.98 Å². The molecule has 1 aromatic carbocycles. The van der Waals surface area contributed by atoms with E-state index in [1.807, 2.05) is 24.3 Å². The lowest BCUT2D eigenvalue weighted by molar-refractivity contribution is -0.359. The first-order valence-electron chi connectivity index (χ1n) is 2.98. The molecule has 1 N–H and O–H groups in total. The lowest BCUT2D eigenvalue weighted by Crippen LogP contribution is -2.78. The monoisotopic (exact) mass is 149 g/mol. The largest absolute Gasteiger partial charge is 0.391 e. The van der Waals surface area contributed by atoms with E-state index in [1.165, 1.54) is 0 Å². The molecule has 0 bridgehead atoms. The first-order chi connectivity index (χ1) is 4.86. The number of para-hydroxylation sites is 2. The maximum atomic E-state index is 4.85. The second-order valence-corrected chi connectivity index (χ2v) is 2.45. The Kier molecular flexibility index (Phi) is 1.11. The van der Waals surface area contributed by atoms with Gasteiger partial charge in [-0.2, -0.15) is 0 Å². The van der Waals surface area contributed by atoms with Crippen LogP contribution in [-0.2, 0) is 0 Å². The van der Waals surface area contributed by atoms with Crippen LogP contribution in [0.2, 0.25) is 0 Å². The third-order valence-electron chi connectivity index (χ3n) is 1.37. The van der Waals surface area contributed by atoms with Gasteiger partial charge in [-0.25, -0.2) is 4.99 Å². The van der Waals surface area contributed by atoms with Crippen molar-refractivity contribution in [1.82, 2.24) is 0 Å². The predicted molar refractivity (Wildman–Crippen MR) is 39.9 cm³/mol. The van der Waals surface area contributed by atoms with Crippen molar-refractivity contribution in [3.8, 4) is 0 Å². The Labute approximate surface area is 62.9 Å². The highest BCUT2D eigenvalue weighted by Crippen LogP contribution is 1.71. The number of benzene rings is 1. The quantitative estimate of drug-likeness (QED) is 0.437. The van der Waals surface area contributed by atoms with Gasteiger partial charge in [0.05, 0.1) is 0 Å². The van der Waals surface area contributed by atoms with Gasteiger partial charge in [0.15, 0.2) is 5.36 Å². The fourth-order valence-corrected chi connectivity index (χ4v) is 1.14. The summed E-state index contributed by atoms with van der Waals surface area (Å²) in [6.45, 7) is 0. The van der Waals surface area contributed by atoms with Crippen LogP contribution in [0.4, 0.5) is 0 Å². The number of hydrogen-bond acceptors (Lipinski definition) is 1. The molecule has 10 heavy (non-hydrogen) atoms. The van der Waals surface area contributed by atoms with Crippen LogP contribution in [0.15, 0.2) is 29.3 Å². The van der Waals surface area contributed by atoms with E-state index in [1.54, 1.807) is 0 Å². The van der Waals surface area contributed by atoms with Gasteiger partial charge in [-0.3, -0.25) is 0 Å². The molecule has 0 saturated carbocycles. The van der Waals surface area contributed by atoms with Crippen LogP contribution in [0, 0.1) is 0 Å². The molecule has 0 amide bonds. The molecule has 1 aromatic rings. The first kappa shape index (κ1) is 5.68. The summed E-state index contributed by atoms with van der Waals surface area (Å²) in [5.41, 5.74) is 0. The Morgan fingerprint density at radius 2 is 2.10 bits per heavy atom. The van der Waals surface area contributed by atoms with Crippen molar-refractivity contribution in [2.24, 2.45) is 4.99 Å². The molecule has 1 heterocycles. The summed E-state index contributed by atoms with van der Waals surface area (Å²) in [4.78, 5) is 7.03. The Hall–Kier alpha value is -1.09. The maximum Gasteiger partial charge on any atom is 0.391 e. The Balaban J connectivity index is 2.96. The Bertz CT molecular complexity index is 357. The second-order valence-electron chi connectivity index (χ2n) is 2.06. The van der Waals surface area contributed by atoms with Gasteiger partial charge in [-0.15, -0.1) is 0 Å². The van der Waals surface area contributed by atoms with Crippen molar-refractivity contribution in [2.45, 2.75) is 0 Å². The number of rotatable bonds is 0. The molecule has 0 aliphatic carbocycles. The Morgan fingerprint density at radius 1 is 1.30 bits per heavy atom. The average Bonchev–Trinajstić information content (AvgIpc) is 2.27. The number of nitrogens with one attached hydrogen (secondary N) is 1. The van der Waals surface area contributed by atoms with Crippen LogP contribution in [0.5, 0.6) is 0 Å². The molecule has 48 valence electrons. The summed E-state index contributed by atoms with van der Waals surface area (Å²) >= 11 is 4.85. The molecule has 0 atom stereocenters. The number of hydrogen-bond donors (Lipinski definition) is 1. The summed E-state index contributed by atoms with van der Waals surface area (Å²) < 4.78 is 0. The molecule has 0 spiro atoms. The SMILES string of the molecule is S=C1N=c2ccccc2=[NH+]1. The molecule has 2 rings (SSSR count). The second kappa shape index (κ2) is 1.95. The van der Waals surface area contributed by atoms with Crippen molar-refractivity contribution in [1.29, 1.82) is 0 Å². The molecule has 0 saturated heterocycles. The predicted octanol–water partition coefficient (Wildman–Crippen LogP) is -1.70. The average molecular weight is 149 g/mol. The normalized spacial score (nSPS) is 13.8. The number of thiocarbonyl (C=S) groups is 1. The minimum atomic E-state index is 0.557. The third-order valence-corrected chi connectivity index (χ3v) is 1.56. The minimum absolute atomic E-state index is 0.557. The molecule has 0 aromatic heterocycles. The molecular weight excluding hydrogens is 144 g/mol. The molecule has 1 aliphatic heterocycles. The summed E-state index contributed by atoms with van der Waals surface area (Å²) in [5.74, 6) is 0. The van der Waals surface area contributed by atoms with E-state index >= 15 is 0 Å². The zero-order valence-electron chi connectivity index (χ0n) is 5.16. The zero-order chi connectivity index (χ0) is 6.97. The van der Waals surface area contributed by atoms with Gasteiger partial charge in [0.25, 0.3) is 0 Å². The van der Waals surface area contributed by atoms with Crippen LogP contribution in [0.1, 0.15) is 0 Å².